The highest BCUT2D eigenvalue weighted by Gasteiger charge is 2.22. The molecule has 5 nitrogen and oxygen atoms in total. The molecule has 3 N–H and O–H groups in total. The third-order valence-electron chi connectivity index (χ3n) is 3.92. The molecule has 0 radical (unpaired) electrons. The van der Waals surface area contributed by atoms with E-state index in [4.69, 9.17) is 11.6 Å². The van der Waals surface area contributed by atoms with Gasteiger partial charge in [-0.25, -0.2) is 4.98 Å². The van der Waals surface area contributed by atoms with E-state index >= 15 is 0 Å². The van der Waals surface area contributed by atoms with Gasteiger partial charge in [0.05, 0.1) is 16.4 Å². The number of nitrogens with zero attached hydrogens (tertiary/aromatic N) is 2. The number of anilines is 3. The highest BCUT2D eigenvalue weighted by atomic mass is 35.5. The molecule has 0 aliphatic heterocycles. The van der Waals surface area contributed by atoms with Crippen LogP contribution >= 0.6 is 11.6 Å². The average molecular weight is 353 g/mol. The lowest BCUT2D eigenvalue weighted by Gasteiger charge is -2.12. The molecule has 1 heterocycles. The van der Waals surface area contributed by atoms with Crippen molar-refractivity contribution in [3.8, 4) is 17.0 Å². The van der Waals surface area contributed by atoms with Crippen molar-refractivity contribution >= 4 is 29.1 Å². The number of halogens is 1. The summed E-state index contributed by atoms with van der Waals surface area (Å²) in [6.07, 6.45) is 2.29. The zero-order chi connectivity index (χ0) is 17.2. The summed E-state index contributed by atoms with van der Waals surface area (Å²) in [7, 11) is 0. The maximum absolute atomic E-state index is 9.50. The Kier molecular flexibility index (Phi) is 4.15. The Hall–Kier alpha value is -2.79. The predicted octanol–water partition coefficient (Wildman–Crippen LogP) is 4.82. The Labute approximate surface area is 150 Å². The number of aromatic hydroxyl groups is 1. The van der Waals surface area contributed by atoms with Gasteiger partial charge in [-0.2, -0.15) is 4.98 Å². The van der Waals surface area contributed by atoms with E-state index < -0.39 is 0 Å². The summed E-state index contributed by atoms with van der Waals surface area (Å²) in [6, 6.07) is 17.1. The van der Waals surface area contributed by atoms with Crippen molar-refractivity contribution in [1.82, 2.24) is 9.97 Å². The molecule has 0 amide bonds. The van der Waals surface area contributed by atoms with Crippen molar-refractivity contribution in [2.75, 3.05) is 10.6 Å². The smallest absolute Gasteiger partial charge is 0.225 e. The monoisotopic (exact) mass is 352 g/mol. The molecule has 3 aromatic rings. The van der Waals surface area contributed by atoms with Crippen molar-refractivity contribution in [1.29, 1.82) is 0 Å². The van der Waals surface area contributed by atoms with Crippen LogP contribution in [0.2, 0.25) is 5.02 Å². The van der Waals surface area contributed by atoms with E-state index in [1.165, 1.54) is 6.07 Å². The van der Waals surface area contributed by atoms with Gasteiger partial charge in [0, 0.05) is 23.7 Å². The quantitative estimate of drug-likeness (QED) is 0.574. The first-order valence-electron chi connectivity index (χ1n) is 8.14. The van der Waals surface area contributed by atoms with Crippen LogP contribution in [0.25, 0.3) is 11.3 Å². The van der Waals surface area contributed by atoms with E-state index in [9.17, 15) is 5.11 Å². The Morgan fingerprint density at radius 1 is 1.00 bits per heavy atom. The predicted molar refractivity (Wildman–Crippen MR) is 101 cm³/mol. The molecule has 0 saturated heterocycles. The summed E-state index contributed by atoms with van der Waals surface area (Å²) in [5, 5.41) is 16.5. The fraction of sp³-hybridized carbons (Fsp3) is 0.158. The maximum Gasteiger partial charge on any atom is 0.225 e. The first kappa shape index (κ1) is 15.7. The summed E-state index contributed by atoms with van der Waals surface area (Å²) in [6.45, 7) is 0. The molecule has 2 aromatic carbocycles. The van der Waals surface area contributed by atoms with Gasteiger partial charge in [-0.15, -0.1) is 0 Å². The van der Waals surface area contributed by atoms with Crippen molar-refractivity contribution in [3.05, 3.63) is 59.6 Å². The highest BCUT2D eigenvalue weighted by molar-refractivity contribution is 6.33. The standard InChI is InChI=1S/C19H17ClN4O/c20-15-10-14(25)8-9-16(15)22-18-11-17(12-4-2-1-3-5-12)23-19(24-18)21-13-6-7-13/h1-5,8-11,13,25H,6-7H2,(H2,21,22,23,24). The Bertz CT molecular complexity index is 897. The third-order valence-corrected chi connectivity index (χ3v) is 4.23. The Morgan fingerprint density at radius 3 is 2.52 bits per heavy atom. The number of nitrogens with one attached hydrogen (secondary N) is 2. The molecule has 1 aliphatic rings. The molecule has 0 atom stereocenters. The van der Waals surface area contributed by atoms with Crippen molar-refractivity contribution in [2.45, 2.75) is 18.9 Å². The Balaban J connectivity index is 1.70. The van der Waals surface area contributed by atoms with Gasteiger partial charge in [-0.1, -0.05) is 41.9 Å². The van der Waals surface area contributed by atoms with Crippen molar-refractivity contribution in [3.63, 3.8) is 0 Å². The molecular formula is C19H17ClN4O. The number of hydrogen-bond acceptors (Lipinski definition) is 5. The second-order valence-electron chi connectivity index (χ2n) is 6.04. The zero-order valence-corrected chi connectivity index (χ0v) is 14.2. The van der Waals surface area contributed by atoms with Crippen molar-refractivity contribution in [2.24, 2.45) is 0 Å². The molecule has 1 aliphatic carbocycles. The van der Waals surface area contributed by atoms with E-state index in [2.05, 4.69) is 20.6 Å². The summed E-state index contributed by atoms with van der Waals surface area (Å²) < 4.78 is 0. The summed E-state index contributed by atoms with van der Waals surface area (Å²) in [5.41, 5.74) is 2.52. The van der Waals surface area contributed by atoms with Gasteiger partial charge in [-0.05, 0) is 25.0 Å². The summed E-state index contributed by atoms with van der Waals surface area (Å²) in [5.74, 6) is 1.37. The van der Waals surface area contributed by atoms with Crippen LogP contribution in [0, 0.1) is 0 Å². The molecule has 126 valence electrons. The van der Waals surface area contributed by atoms with Gasteiger partial charge in [0.15, 0.2) is 0 Å². The van der Waals surface area contributed by atoms with Crippen molar-refractivity contribution < 1.29 is 5.11 Å². The van der Waals surface area contributed by atoms with Crippen LogP contribution in [-0.2, 0) is 0 Å². The minimum absolute atomic E-state index is 0.124. The van der Waals surface area contributed by atoms with E-state index in [-0.39, 0.29) is 5.75 Å². The van der Waals surface area contributed by atoms with Crippen LogP contribution < -0.4 is 10.6 Å². The van der Waals surface area contributed by atoms with Crippen LogP contribution in [0.1, 0.15) is 12.8 Å². The SMILES string of the molecule is Oc1ccc(Nc2cc(-c3ccccc3)nc(NC3CC3)n2)c(Cl)c1. The summed E-state index contributed by atoms with van der Waals surface area (Å²) >= 11 is 6.19. The van der Waals surface area contributed by atoms with Crippen LogP contribution in [-0.4, -0.2) is 21.1 Å². The normalized spacial score (nSPS) is 13.5. The second kappa shape index (κ2) is 6.61. The number of benzene rings is 2. The molecule has 0 unspecified atom stereocenters. The molecule has 1 aromatic heterocycles. The lowest BCUT2D eigenvalue weighted by atomic mass is 10.1. The molecule has 25 heavy (non-hydrogen) atoms. The maximum atomic E-state index is 9.50. The van der Waals surface area contributed by atoms with Gasteiger partial charge in [0.1, 0.15) is 11.6 Å². The van der Waals surface area contributed by atoms with Gasteiger partial charge >= 0.3 is 0 Å². The lowest BCUT2D eigenvalue weighted by Crippen LogP contribution is -2.07. The molecule has 0 bridgehead atoms. The average Bonchev–Trinajstić information content (AvgIpc) is 3.42. The van der Waals surface area contributed by atoms with Gasteiger partial charge in [0.2, 0.25) is 5.95 Å². The van der Waals surface area contributed by atoms with Gasteiger partial charge in [0.25, 0.3) is 0 Å². The molecule has 1 saturated carbocycles. The first-order chi connectivity index (χ1) is 12.2. The number of phenolic OH excluding ortho intramolecular Hbond substituents is 1. The van der Waals surface area contributed by atoms with E-state index in [0.29, 0.717) is 28.5 Å². The highest BCUT2D eigenvalue weighted by Crippen LogP contribution is 2.31. The fourth-order valence-corrected chi connectivity index (χ4v) is 2.71. The van der Waals surface area contributed by atoms with Crippen LogP contribution in [0.15, 0.2) is 54.6 Å². The van der Waals surface area contributed by atoms with E-state index in [1.54, 1.807) is 12.1 Å². The minimum atomic E-state index is 0.124. The van der Waals surface area contributed by atoms with Gasteiger partial charge in [-0.3, -0.25) is 0 Å². The lowest BCUT2D eigenvalue weighted by molar-refractivity contribution is 0.475. The van der Waals surface area contributed by atoms with Gasteiger partial charge < -0.3 is 15.7 Å². The molecular weight excluding hydrogens is 336 g/mol. The summed E-state index contributed by atoms with van der Waals surface area (Å²) in [4.78, 5) is 9.17. The minimum Gasteiger partial charge on any atom is -0.508 e. The molecule has 4 rings (SSSR count). The largest absolute Gasteiger partial charge is 0.508 e. The number of hydrogen-bond donors (Lipinski definition) is 3. The van der Waals surface area contributed by atoms with E-state index in [0.717, 1.165) is 24.1 Å². The topological polar surface area (TPSA) is 70.1 Å². The first-order valence-corrected chi connectivity index (χ1v) is 8.52. The second-order valence-corrected chi connectivity index (χ2v) is 6.44. The molecule has 0 spiro atoms. The third kappa shape index (κ3) is 3.83. The van der Waals surface area contributed by atoms with Crippen LogP contribution in [0.5, 0.6) is 5.75 Å². The van der Waals surface area contributed by atoms with E-state index in [1.807, 2.05) is 36.4 Å². The number of phenols is 1. The molecule has 6 heteroatoms. The zero-order valence-electron chi connectivity index (χ0n) is 13.4. The van der Waals surface area contributed by atoms with Crippen LogP contribution in [0.4, 0.5) is 17.5 Å². The fourth-order valence-electron chi connectivity index (χ4n) is 2.49. The number of aromatic nitrogens is 2. The number of rotatable bonds is 5. The Morgan fingerprint density at radius 2 is 1.80 bits per heavy atom. The molecule has 1 fully saturated rings. The van der Waals surface area contributed by atoms with Crippen LogP contribution in [0.3, 0.4) is 0 Å².